The van der Waals surface area contributed by atoms with E-state index in [0.29, 0.717) is 0 Å². The molecule has 0 aliphatic carbocycles. The van der Waals surface area contributed by atoms with Gasteiger partial charge in [-0.1, -0.05) is 32.1 Å². The lowest BCUT2D eigenvalue weighted by Gasteiger charge is -2.08. The first-order valence-corrected chi connectivity index (χ1v) is 7.77. The maximum Gasteiger partial charge on any atom is 0.303 e. The van der Waals surface area contributed by atoms with E-state index >= 15 is 0 Å². The zero-order valence-corrected chi connectivity index (χ0v) is 12.4. The van der Waals surface area contributed by atoms with Crippen LogP contribution in [-0.4, -0.2) is 35.2 Å². The predicted molar refractivity (Wildman–Crippen MR) is 78.9 cm³/mol. The molecule has 0 saturated carbocycles. The fourth-order valence-corrected chi connectivity index (χ4v) is 2.06. The van der Waals surface area contributed by atoms with Crippen LogP contribution >= 0.6 is 0 Å². The molecule has 1 heterocycles. The topological polar surface area (TPSA) is 86.6 Å². The molecule has 0 amide bonds. The van der Waals surface area contributed by atoms with E-state index in [1.807, 2.05) is 0 Å². The van der Waals surface area contributed by atoms with Crippen molar-refractivity contribution >= 4 is 11.9 Å². The number of unbranched alkanes of at least 4 members (excludes halogenated alkanes) is 5. The van der Waals surface area contributed by atoms with Crippen LogP contribution in [-0.2, 0) is 9.59 Å². The van der Waals surface area contributed by atoms with Gasteiger partial charge in [0, 0.05) is 12.8 Å². The van der Waals surface area contributed by atoms with Crippen LogP contribution in [0.25, 0.3) is 0 Å². The Balaban J connectivity index is 0.000000493. The van der Waals surface area contributed by atoms with Gasteiger partial charge in [0.25, 0.3) is 0 Å². The van der Waals surface area contributed by atoms with E-state index in [0.717, 1.165) is 38.5 Å². The second-order valence-electron chi connectivity index (χ2n) is 5.22. The minimum atomic E-state index is -0.740. The molecule has 1 aliphatic heterocycles. The van der Waals surface area contributed by atoms with E-state index < -0.39 is 11.9 Å². The third kappa shape index (κ3) is 16.9. The number of piperidine rings is 1. The van der Waals surface area contributed by atoms with Gasteiger partial charge in [-0.3, -0.25) is 9.59 Å². The Morgan fingerprint density at radius 2 is 1.10 bits per heavy atom. The Morgan fingerprint density at radius 3 is 1.35 bits per heavy atom. The van der Waals surface area contributed by atoms with Gasteiger partial charge in [-0.2, -0.15) is 0 Å². The summed E-state index contributed by atoms with van der Waals surface area (Å²) in [7, 11) is 0. The first kappa shape index (κ1) is 18.9. The largest absolute Gasteiger partial charge is 0.481 e. The Morgan fingerprint density at radius 1 is 0.700 bits per heavy atom. The molecule has 0 radical (unpaired) electrons. The normalized spacial score (nSPS) is 14.2. The molecule has 3 N–H and O–H groups in total. The molecule has 0 spiro atoms. The molecule has 0 aromatic carbocycles. The summed E-state index contributed by atoms with van der Waals surface area (Å²) in [5, 5.41) is 20.0. The van der Waals surface area contributed by atoms with Crippen molar-refractivity contribution in [3.63, 3.8) is 0 Å². The van der Waals surface area contributed by atoms with Gasteiger partial charge in [0.2, 0.25) is 0 Å². The fourth-order valence-electron chi connectivity index (χ4n) is 2.06. The Kier molecular flexibility index (Phi) is 13.5. The Hall–Kier alpha value is -1.10. The van der Waals surface area contributed by atoms with Crippen LogP contribution < -0.4 is 5.32 Å². The van der Waals surface area contributed by atoms with Crippen LogP contribution in [0.3, 0.4) is 0 Å². The number of hydrogen-bond acceptors (Lipinski definition) is 3. The summed E-state index contributed by atoms with van der Waals surface area (Å²) in [6, 6.07) is 0. The molecule has 1 fully saturated rings. The molecular weight excluding hydrogens is 258 g/mol. The first-order valence-electron chi connectivity index (χ1n) is 7.77. The van der Waals surface area contributed by atoms with Crippen molar-refractivity contribution in [2.45, 2.75) is 70.6 Å². The summed E-state index contributed by atoms with van der Waals surface area (Å²) in [4.78, 5) is 20.3. The van der Waals surface area contributed by atoms with Gasteiger partial charge in [0.1, 0.15) is 0 Å². The zero-order valence-electron chi connectivity index (χ0n) is 12.4. The number of hydrogen-bond donors (Lipinski definition) is 3. The van der Waals surface area contributed by atoms with Crippen molar-refractivity contribution in [2.24, 2.45) is 0 Å². The standard InChI is InChI=1S/C10H18O4.C5H11N/c11-9(12)7-5-3-1-2-4-6-8-10(13)14;1-2-4-6-5-3-1/h1-8H2,(H,11,12)(H,13,14);6H,1-5H2. The number of carbonyl (C=O) groups is 2. The molecule has 5 nitrogen and oxygen atoms in total. The summed E-state index contributed by atoms with van der Waals surface area (Å²) < 4.78 is 0. The number of rotatable bonds is 9. The van der Waals surface area contributed by atoms with E-state index in [1.54, 1.807) is 0 Å². The van der Waals surface area contributed by atoms with Crippen molar-refractivity contribution in [3.8, 4) is 0 Å². The van der Waals surface area contributed by atoms with Gasteiger partial charge in [0.05, 0.1) is 0 Å². The van der Waals surface area contributed by atoms with Gasteiger partial charge >= 0.3 is 11.9 Å². The average Bonchev–Trinajstić information content (AvgIpc) is 2.44. The Bertz CT molecular complexity index is 221. The van der Waals surface area contributed by atoms with E-state index in [1.165, 1.54) is 32.4 Å². The van der Waals surface area contributed by atoms with Crippen LogP contribution in [0.1, 0.15) is 70.6 Å². The minimum absolute atomic E-state index is 0.245. The molecule has 0 unspecified atom stereocenters. The van der Waals surface area contributed by atoms with Crippen LogP contribution in [0, 0.1) is 0 Å². The molecular formula is C15H29NO4. The summed E-state index contributed by atoms with van der Waals surface area (Å²) >= 11 is 0. The van der Waals surface area contributed by atoms with E-state index in [9.17, 15) is 9.59 Å². The highest BCUT2D eigenvalue weighted by Gasteiger charge is 1.98. The monoisotopic (exact) mass is 287 g/mol. The molecule has 0 bridgehead atoms. The highest BCUT2D eigenvalue weighted by Crippen LogP contribution is 2.08. The van der Waals surface area contributed by atoms with Gasteiger partial charge in [-0.15, -0.1) is 0 Å². The molecule has 5 heteroatoms. The molecule has 0 aromatic heterocycles. The number of aliphatic carboxylic acids is 2. The maximum atomic E-state index is 10.1. The highest BCUT2D eigenvalue weighted by molar-refractivity contribution is 5.66. The predicted octanol–water partition coefficient (Wildman–Crippen LogP) is 3.04. The molecule has 118 valence electrons. The quantitative estimate of drug-likeness (QED) is 0.567. The van der Waals surface area contributed by atoms with E-state index in [4.69, 9.17) is 10.2 Å². The number of carboxylic acid groups (broad SMARTS) is 2. The summed E-state index contributed by atoms with van der Waals surface area (Å²) in [6.45, 7) is 2.50. The van der Waals surface area contributed by atoms with E-state index in [2.05, 4.69) is 5.32 Å². The van der Waals surface area contributed by atoms with Crippen LogP contribution in [0.5, 0.6) is 0 Å². The van der Waals surface area contributed by atoms with Crippen molar-refractivity contribution in [2.75, 3.05) is 13.1 Å². The van der Waals surface area contributed by atoms with Gasteiger partial charge in [-0.05, 0) is 38.8 Å². The third-order valence-corrected chi connectivity index (χ3v) is 3.24. The van der Waals surface area contributed by atoms with Crippen molar-refractivity contribution in [1.29, 1.82) is 0 Å². The molecule has 1 aliphatic rings. The summed E-state index contributed by atoms with van der Waals surface area (Å²) in [5.74, 6) is -1.48. The summed E-state index contributed by atoms with van der Waals surface area (Å²) in [5.41, 5.74) is 0. The Labute approximate surface area is 121 Å². The van der Waals surface area contributed by atoms with Gasteiger partial charge in [0.15, 0.2) is 0 Å². The lowest BCUT2D eigenvalue weighted by atomic mass is 10.1. The molecule has 1 saturated heterocycles. The van der Waals surface area contributed by atoms with Crippen LogP contribution in [0.15, 0.2) is 0 Å². The van der Waals surface area contributed by atoms with Crippen LogP contribution in [0.4, 0.5) is 0 Å². The summed E-state index contributed by atoms with van der Waals surface area (Å²) in [6.07, 6.45) is 10.0. The fraction of sp³-hybridized carbons (Fsp3) is 0.867. The minimum Gasteiger partial charge on any atom is -0.481 e. The number of nitrogens with one attached hydrogen (secondary N) is 1. The van der Waals surface area contributed by atoms with Crippen LogP contribution in [0.2, 0.25) is 0 Å². The first-order chi connectivity index (χ1) is 9.63. The molecule has 1 rings (SSSR count). The zero-order chi connectivity index (χ0) is 15.1. The lowest BCUT2D eigenvalue weighted by Crippen LogP contribution is -2.21. The molecule has 20 heavy (non-hydrogen) atoms. The number of carboxylic acids is 2. The second kappa shape index (κ2) is 14.3. The molecule has 0 aromatic rings. The van der Waals surface area contributed by atoms with Crippen molar-refractivity contribution in [3.05, 3.63) is 0 Å². The van der Waals surface area contributed by atoms with Crippen molar-refractivity contribution < 1.29 is 19.8 Å². The third-order valence-electron chi connectivity index (χ3n) is 3.24. The smallest absolute Gasteiger partial charge is 0.303 e. The van der Waals surface area contributed by atoms with Crippen molar-refractivity contribution in [1.82, 2.24) is 5.32 Å². The SMILES string of the molecule is C1CCNCC1.O=C(O)CCCCCCCCC(=O)O. The lowest BCUT2D eigenvalue weighted by molar-refractivity contribution is -0.138. The van der Waals surface area contributed by atoms with Gasteiger partial charge in [-0.25, -0.2) is 0 Å². The second-order valence-corrected chi connectivity index (χ2v) is 5.22. The van der Waals surface area contributed by atoms with E-state index in [-0.39, 0.29) is 12.8 Å². The maximum absolute atomic E-state index is 10.1. The average molecular weight is 287 g/mol. The highest BCUT2D eigenvalue weighted by atomic mass is 16.4. The molecule has 0 atom stereocenters. The van der Waals surface area contributed by atoms with Gasteiger partial charge < -0.3 is 15.5 Å².